The van der Waals surface area contributed by atoms with Crippen LogP contribution >= 0.6 is 0 Å². The van der Waals surface area contributed by atoms with E-state index in [-0.39, 0.29) is 5.69 Å². The second-order valence-electron chi connectivity index (χ2n) is 4.45. The Balaban J connectivity index is 2.63. The maximum absolute atomic E-state index is 11.1. The van der Waals surface area contributed by atoms with Crippen molar-refractivity contribution in [3.05, 3.63) is 63.2 Å². The molecule has 96 valence electrons. The number of aryl methyl sites for hydroxylation is 2. The number of aldehydes is 1. The van der Waals surface area contributed by atoms with Crippen molar-refractivity contribution in [2.45, 2.75) is 13.8 Å². The third kappa shape index (κ3) is 2.52. The summed E-state index contributed by atoms with van der Waals surface area (Å²) in [5.41, 5.74) is 3.78. The van der Waals surface area contributed by atoms with Crippen LogP contribution in [0.3, 0.4) is 0 Å². The first-order valence-electron chi connectivity index (χ1n) is 5.84. The van der Waals surface area contributed by atoms with Crippen LogP contribution in [0.1, 0.15) is 21.5 Å². The summed E-state index contributed by atoms with van der Waals surface area (Å²) >= 11 is 0. The second-order valence-corrected chi connectivity index (χ2v) is 4.45. The first-order chi connectivity index (χ1) is 9.02. The Morgan fingerprint density at radius 2 is 1.79 bits per heavy atom. The third-order valence-electron chi connectivity index (χ3n) is 3.17. The number of carbonyl (C=O) groups excluding carboxylic acids is 1. The number of benzene rings is 2. The Hall–Kier alpha value is -2.49. The van der Waals surface area contributed by atoms with Gasteiger partial charge in [0.2, 0.25) is 0 Å². The van der Waals surface area contributed by atoms with Gasteiger partial charge in [0.05, 0.1) is 10.5 Å². The van der Waals surface area contributed by atoms with Crippen LogP contribution in [0.4, 0.5) is 5.69 Å². The van der Waals surface area contributed by atoms with Crippen molar-refractivity contribution >= 4 is 12.0 Å². The minimum atomic E-state index is -0.461. The molecule has 0 amide bonds. The highest BCUT2D eigenvalue weighted by molar-refractivity contribution is 5.82. The predicted octanol–water partition coefficient (Wildman–Crippen LogP) is 3.69. The Morgan fingerprint density at radius 1 is 1.05 bits per heavy atom. The number of hydrogen-bond acceptors (Lipinski definition) is 3. The Labute approximate surface area is 110 Å². The maximum atomic E-state index is 11.1. The topological polar surface area (TPSA) is 60.2 Å². The molecule has 0 aromatic heterocycles. The van der Waals surface area contributed by atoms with Crippen molar-refractivity contribution in [3.63, 3.8) is 0 Å². The van der Waals surface area contributed by atoms with Crippen LogP contribution in [0.2, 0.25) is 0 Å². The molecule has 2 aromatic carbocycles. The van der Waals surface area contributed by atoms with E-state index in [1.165, 1.54) is 6.07 Å². The maximum Gasteiger partial charge on any atom is 0.277 e. The highest BCUT2D eigenvalue weighted by Crippen LogP contribution is 2.31. The Kier molecular flexibility index (Phi) is 3.42. The highest BCUT2D eigenvalue weighted by Gasteiger charge is 2.16. The molecule has 0 fully saturated rings. The van der Waals surface area contributed by atoms with Crippen LogP contribution in [0.15, 0.2) is 36.4 Å². The standard InChI is InChI=1S/C15H13NO3/c1-10-3-5-13(7-11(10)2)14-6-4-12(9-17)8-15(14)16(18)19/h3-9H,1-2H3. The monoisotopic (exact) mass is 255 g/mol. The Morgan fingerprint density at radius 3 is 2.37 bits per heavy atom. The van der Waals surface area contributed by atoms with Gasteiger partial charge < -0.3 is 0 Å². The van der Waals surface area contributed by atoms with E-state index in [0.29, 0.717) is 17.4 Å². The number of nitrogens with zero attached hydrogens (tertiary/aromatic N) is 1. The van der Waals surface area contributed by atoms with Crippen LogP contribution in [0.5, 0.6) is 0 Å². The van der Waals surface area contributed by atoms with Crippen molar-refractivity contribution in [2.75, 3.05) is 0 Å². The minimum absolute atomic E-state index is 0.0483. The van der Waals surface area contributed by atoms with Crippen LogP contribution in [-0.4, -0.2) is 11.2 Å². The van der Waals surface area contributed by atoms with E-state index in [0.717, 1.165) is 16.7 Å². The summed E-state index contributed by atoms with van der Waals surface area (Å²) in [6.45, 7) is 3.95. The molecule has 0 aliphatic carbocycles. The van der Waals surface area contributed by atoms with E-state index in [9.17, 15) is 14.9 Å². The summed E-state index contributed by atoms with van der Waals surface area (Å²) in [6.07, 6.45) is 0.608. The number of nitro groups is 1. The van der Waals surface area contributed by atoms with Gasteiger partial charge in [-0.15, -0.1) is 0 Å². The van der Waals surface area contributed by atoms with Crippen LogP contribution in [-0.2, 0) is 0 Å². The largest absolute Gasteiger partial charge is 0.298 e. The second kappa shape index (κ2) is 5.02. The summed E-state index contributed by atoms with van der Waals surface area (Å²) in [4.78, 5) is 21.3. The van der Waals surface area contributed by atoms with E-state index < -0.39 is 4.92 Å². The van der Waals surface area contributed by atoms with Crippen molar-refractivity contribution in [1.82, 2.24) is 0 Å². The molecule has 0 N–H and O–H groups in total. The van der Waals surface area contributed by atoms with Gasteiger partial charge in [0.25, 0.3) is 5.69 Å². The molecule has 0 atom stereocenters. The minimum Gasteiger partial charge on any atom is -0.298 e. The summed E-state index contributed by atoms with van der Waals surface area (Å²) in [7, 11) is 0. The van der Waals surface area contributed by atoms with Gasteiger partial charge in [0.1, 0.15) is 6.29 Å². The first-order valence-corrected chi connectivity index (χ1v) is 5.84. The molecule has 19 heavy (non-hydrogen) atoms. The summed E-state index contributed by atoms with van der Waals surface area (Å²) < 4.78 is 0. The van der Waals surface area contributed by atoms with Crippen LogP contribution in [0.25, 0.3) is 11.1 Å². The first kappa shape index (κ1) is 13.0. The van der Waals surface area contributed by atoms with Gasteiger partial charge in [-0.2, -0.15) is 0 Å². The van der Waals surface area contributed by atoms with E-state index >= 15 is 0 Å². The van der Waals surface area contributed by atoms with Gasteiger partial charge in [0.15, 0.2) is 0 Å². The number of rotatable bonds is 3. The van der Waals surface area contributed by atoms with Crippen LogP contribution < -0.4 is 0 Å². The van der Waals surface area contributed by atoms with Gasteiger partial charge in [0, 0.05) is 11.6 Å². The summed E-state index contributed by atoms with van der Waals surface area (Å²) in [5, 5.41) is 11.1. The molecular formula is C15H13NO3. The van der Waals surface area contributed by atoms with Gasteiger partial charge in [-0.1, -0.05) is 24.3 Å². The van der Waals surface area contributed by atoms with Crippen molar-refractivity contribution < 1.29 is 9.72 Å². The van der Waals surface area contributed by atoms with E-state index in [1.54, 1.807) is 12.1 Å². The summed E-state index contributed by atoms with van der Waals surface area (Å²) in [6, 6.07) is 10.2. The molecule has 0 aliphatic rings. The molecule has 0 bridgehead atoms. The molecule has 0 unspecified atom stereocenters. The lowest BCUT2D eigenvalue weighted by Crippen LogP contribution is -1.94. The summed E-state index contributed by atoms with van der Waals surface area (Å²) in [5.74, 6) is 0. The average molecular weight is 255 g/mol. The molecule has 0 saturated heterocycles. The zero-order valence-corrected chi connectivity index (χ0v) is 10.7. The third-order valence-corrected chi connectivity index (χ3v) is 3.17. The lowest BCUT2D eigenvalue weighted by Gasteiger charge is -2.07. The molecular weight excluding hydrogens is 242 g/mol. The molecule has 4 nitrogen and oxygen atoms in total. The molecule has 2 aromatic rings. The fourth-order valence-electron chi connectivity index (χ4n) is 1.93. The number of carbonyl (C=O) groups is 1. The van der Waals surface area contributed by atoms with Gasteiger partial charge in [-0.3, -0.25) is 14.9 Å². The molecule has 0 heterocycles. The zero-order chi connectivity index (χ0) is 14.0. The van der Waals surface area contributed by atoms with Crippen LogP contribution in [0, 0.1) is 24.0 Å². The fourth-order valence-corrected chi connectivity index (χ4v) is 1.93. The van der Waals surface area contributed by atoms with Crippen molar-refractivity contribution in [1.29, 1.82) is 0 Å². The quantitative estimate of drug-likeness (QED) is 0.477. The molecule has 2 rings (SSSR count). The SMILES string of the molecule is Cc1ccc(-c2ccc(C=O)cc2[N+](=O)[O-])cc1C. The van der Waals surface area contributed by atoms with E-state index in [4.69, 9.17) is 0 Å². The van der Waals surface area contributed by atoms with Crippen molar-refractivity contribution in [2.24, 2.45) is 0 Å². The predicted molar refractivity (Wildman–Crippen MR) is 73.4 cm³/mol. The fraction of sp³-hybridized carbons (Fsp3) is 0.133. The van der Waals surface area contributed by atoms with Gasteiger partial charge >= 0.3 is 0 Å². The number of nitro benzene ring substituents is 1. The highest BCUT2D eigenvalue weighted by atomic mass is 16.6. The molecule has 4 heteroatoms. The Bertz CT molecular complexity index is 662. The molecule has 0 radical (unpaired) electrons. The molecule has 0 saturated carbocycles. The smallest absolute Gasteiger partial charge is 0.277 e. The van der Waals surface area contributed by atoms with Gasteiger partial charge in [-0.05, 0) is 36.6 Å². The van der Waals surface area contributed by atoms with Gasteiger partial charge in [-0.25, -0.2) is 0 Å². The average Bonchev–Trinajstić information content (AvgIpc) is 2.41. The normalized spacial score (nSPS) is 10.2. The van der Waals surface area contributed by atoms with E-state index in [2.05, 4.69) is 0 Å². The number of hydrogen-bond donors (Lipinski definition) is 0. The van der Waals surface area contributed by atoms with Crippen molar-refractivity contribution in [3.8, 4) is 11.1 Å². The molecule has 0 spiro atoms. The lowest BCUT2D eigenvalue weighted by atomic mass is 9.98. The zero-order valence-electron chi connectivity index (χ0n) is 10.7. The molecule has 0 aliphatic heterocycles. The lowest BCUT2D eigenvalue weighted by molar-refractivity contribution is -0.384. The van der Waals surface area contributed by atoms with E-state index in [1.807, 2.05) is 32.0 Å².